The maximum absolute atomic E-state index is 12.6. The van der Waals surface area contributed by atoms with Gasteiger partial charge in [0.2, 0.25) is 0 Å². The van der Waals surface area contributed by atoms with Crippen molar-refractivity contribution in [2.75, 3.05) is 0 Å². The molecule has 0 aliphatic rings. The molecule has 0 spiro atoms. The molecule has 0 aliphatic heterocycles. The third kappa shape index (κ3) is 2.81. The van der Waals surface area contributed by atoms with E-state index in [9.17, 15) is 4.79 Å². The van der Waals surface area contributed by atoms with Crippen molar-refractivity contribution in [3.8, 4) is 5.69 Å². The lowest BCUT2D eigenvalue weighted by molar-refractivity contribution is 0.644. The predicted molar refractivity (Wildman–Crippen MR) is 106 cm³/mol. The second kappa shape index (κ2) is 6.86. The lowest BCUT2D eigenvalue weighted by Crippen LogP contribution is -2.23. The molecule has 0 amide bonds. The van der Waals surface area contributed by atoms with E-state index < -0.39 is 0 Å². The fourth-order valence-corrected chi connectivity index (χ4v) is 3.76. The summed E-state index contributed by atoms with van der Waals surface area (Å²) in [6, 6.07) is 16.9. The molecule has 0 saturated carbocycles. The summed E-state index contributed by atoms with van der Waals surface area (Å²) in [5, 5.41) is 14.7. The van der Waals surface area contributed by atoms with Crippen molar-refractivity contribution in [1.29, 1.82) is 0 Å². The number of aromatic nitrogens is 7. The molecule has 0 N–H and O–H groups in total. The van der Waals surface area contributed by atoms with Crippen LogP contribution in [0.2, 0.25) is 0 Å². The Morgan fingerprint density at radius 3 is 2.64 bits per heavy atom. The number of para-hydroxylation sites is 1. The molecule has 2 aromatic carbocycles. The number of hydrogen-bond donors (Lipinski definition) is 0. The van der Waals surface area contributed by atoms with Gasteiger partial charge in [-0.1, -0.05) is 47.3 Å². The summed E-state index contributed by atoms with van der Waals surface area (Å²) in [5.74, 6) is 0.291. The Kier molecular flexibility index (Phi) is 4.06. The minimum atomic E-state index is -0.177. The summed E-state index contributed by atoms with van der Waals surface area (Å²) in [4.78, 5) is 21.3. The van der Waals surface area contributed by atoms with Gasteiger partial charge in [-0.05, 0) is 24.3 Å². The largest absolute Gasteiger partial charge is 0.278 e. The van der Waals surface area contributed by atoms with E-state index in [1.807, 2.05) is 42.5 Å². The van der Waals surface area contributed by atoms with Crippen LogP contribution in [0.3, 0.4) is 0 Å². The van der Waals surface area contributed by atoms with Crippen LogP contribution in [0.4, 0.5) is 0 Å². The monoisotopic (exact) mass is 387 g/mol. The molecule has 28 heavy (non-hydrogen) atoms. The number of hydrogen-bond acceptors (Lipinski definition) is 7. The van der Waals surface area contributed by atoms with Crippen LogP contribution >= 0.6 is 11.8 Å². The van der Waals surface area contributed by atoms with Crippen LogP contribution in [0, 0.1) is 0 Å². The molecule has 0 bridgehead atoms. The maximum atomic E-state index is 12.6. The first-order valence-electron chi connectivity index (χ1n) is 8.51. The zero-order valence-corrected chi connectivity index (χ0v) is 15.3. The van der Waals surface area contributed by atoms with Gasteiger partial charge in [-0.15, -0.1) is 5.10 Å². The van der Waals surface area contributed by atoms with Crippen LogP contribution in [0.25, 0.3) is 27.6 Å². The van der Waals surface area contributed by atoms with E-state index in [4.69, 9.17) is 0 Å². The average molecular weight is 387 g/mol. The third-order valence-corrected chi connectivity index (χ3v) is 5.26. The Morgan fingerprint density at radius 2 is 1.75 bits per heavy atom. The highest BCUT2D eigenvalue weighted by Crippen LogP contribution is 2.26. The van der Waals surface area contributed by atoms with Crippen LogP contribution in [0.1, 0.15) is 0 Å². The lowest BCUT2D eigenvalue weighted by Gasteiger charge is -2.05. The van der Waals surface area contributed by atoms with Gasteiger partial charge < -0.3 is 0 Å². The summed E-state index contributed by atoms with van der Waals surface area (Å²) in [5.41, 5.74) is 2.04. The topological polar surface area (TPSA) is 91.4 Å². The van der Waals surface area contributed by atoms with Crippen LogP contribution in [-0.2, 0) is 5.88 Å². The molecule has 0 radical (unpaired) electrons. The normalized spacial score (nSPS) is 11.3. The van der Waals surface area contributed by atoms with Crippen LogP contribution in [0.15, 0.2) is 76.9 Å². The quantitative estimate of drug-likeness (QED) is 0.346. The molecule has 0 unspecified atom stereocenters. The molecule has 3 heterocycles. The standard InChI is InChI=1S/C19H13N7OS/c27-19-14-8-4-5-9-16(14)23-24-25(19)12-28-18-15-10-22-26(17(15)20-11-21-18)13-6-2-1-3-7-13/h1-11H,12H2. The van der Waals surface area contributed by atoms with Crippen molar-refractivity contribution in [3.63, 3.8) is 0 Å². The molecule has 0 atom stereocenters. The third-order valence-electron chi connectivity index (χ3n) is 4.28. The van der Waals surface area contributed by atoms with Gasteiger partial charge in [0, 0.05) is 0 Å². The summed E-state index contributed by atoms with van der Waals surface area (Å²) >= 11 is 1.39. The fraction of sp³-hybridized carbons (Fsp3) is 0.0526. The van der Waals surface area contributed by atoms with E-state index in [1.54, 1.807) is 23.0 Å². The van der Waals surface area contributed by atoms with Crippen molar-refractivity contribution < 1.29 is 0 Å². The fourth-order valence-electron chi connectivity index (χ4n) is 2.93. The van der Waals surface area contributed by atoms with Gasteiger partial charge >= 0.3 is 0 Å². The molecule has 9 heteroatoms. The Morgan fingerprint density at radius 1 is 0.929 bits per heavy atom. The summed E-state index contributed by atoms with van der Waals surface area (Å²) in [6.45, 7) is 0. The van der Waals surface area contributed by atoms with Gasteiger partial charge in [0.05, 0.1) is 28.5 Å². The van der Waals surface area contributed by atoms with Crippen LogP contribution < -0.4 is 5.56 Å². The second-order valence-corrected chi connectivity index (χ2v) is 6.93. The molecular weight excluding hydrogens is 374 g/mol. The van der Waals surface area contributed by atoms with Gasteiger partial charge in [0.25, 0.3) is 5.56 Å². The maximum Gasteiger partial charge on any atom is 0.278 e. The second-order valence-electron chi connectivity index (χ2n) is 5.99. The molecule has 8 nitrogen and oxygen atoms in total. The van der Waals surface area contributed by atoms with Crippen molar-refractivity contribution in [3.05, 3.63) is 77.5 Å². The number of rotatable bonds is 4. The van der Waals surface area contributed by atoms with Gasteiger partial charge in [-0.2, -0.15) is 9.78 Å². The minimum absolute atomic E-state index is 0.177. The predicted octanol–water partition coefficient (Wildman–Crippen LogP) is 2.67. The van der Waals surface area contributed by atoms with Crippen molar-refractivity contribution in [1.82, 2.24) is 34.7 Å². The molecule has 5 aromatic rings. The summed E-state index contributed by atoms with van der Waals surface area (Å²) in [6.07, 6.45) is 3.24. The van der Waals surface area contributed by atoms with Crippen molar-refractivity contribution in [2.45, 2.75) is 10.9 Å². The Balaban J connectivity index is 1.49. The molecule has 0 saturated heterocycles. The minimum Gasteiger partial charge on any atom is -0.267 e. The van der Waals surface area contributed by atoms with E-state index >= 15 is 0 Å². The molecule has 0 fully saturated rings. The van der Waals surface area contributed by atoms with Crippen LogP contribution in [0.5, 0.6) is 0 Å². The van der Waals surface area contributed by atoms with Crippen molar-refractivity contribution in [2.24, 2.45) is 0 Å². The van der Waals surface area contributed by atoms with Gasteiger partial charge in [0.15, 0.2) is 5.65 Å². The van der Waals surface area contributed by atoms with Gasteiger partial charge in [0.1, 0.15) is 16.9 Å². The first kappa shape index (κ1) is 16.6. The highest BCUT2D eigenvalue weighted by atomic mass is 32.2. The average Bonchev–Trinajstić information content (AvgIpc) is 3.19. The van der Waals surface area contributed by atoms with Gasteiger partial charge in [-0.25, -0.2) is 14.6 Å². The molecule has 5 rings (SSSR count). The smallest absolute Gasteiger partial charge is 0.267 e. The SMILES string of the molecule is O=c1c2ccccc2nnn1CSc1ncnc2c1cnn2-c1ccccc1. The lowest BCUT2D eigenvalue weighted by atomic mass is 10.2. The number of fused-ring (bicyclic) bond motifs is 2. The van der Waals surface area contributed by atoms with Crippen LogP contribution in [-0.4, -0.2) is 34.7 Å². The number of nitrogens with zero attached hydrogens (tertiary/aromatic N) is 7. The highest BCUT2D eigenvalue weighted by Gasteiger charge is 2.12. The Bertz CT molecular complexity index is 1350. The first-order valence-corrected chi connectivity index (χ1v) is 9.49. The zero-order chi connectivity index (χ0) is 18.9. The van der Waals surface area contributed by atoms with E-state index in [2.05, 4.69) is 25.4 Å². The van der Waals surface area contributed by atoms with E-state index in [1.165, 1.54) is 22.8 Å². The molecule has 0 aliphatic carbocycles. The molecule has 3 aromatic heterocycles. The Labute approximate surface area is 162 Å². The van der Waals surface area contributed by atoms with Gasteiger partial charge in [-0.3, -0.25) is 4.79 Å². The summed E-state index contributed by atoms with van der Waals surface area (Å²) in [7, 11) is 0. The van der Waals surface area contributed by atoms with E-state index in [0.29, 0.717) is 22.4 Å². The number of benzene rings is 2. The zero-order valence-electron chi connectivity index (χ0n) is 14.5. The van der Waals surface area contributed by atoms with E-state index in [0.717, 1.165) is 16.1 Å². The molecular formula is C19H13N7OS. The van der Waals surface area contributed by atoms with Crippen molar-refractivity contribution >= 4 is 33.7 Å². The Hall–Kier alpha value is -3.59. The number of thioether (sulfide) groups is 1. The first-order chi connectivity index (χ1) is 13.8. The highest BCUT2D eigenvalue weighted by molar-refractivity contribution is 7.98. The summed E-state index contributed by atoms with van der Waals surface area (Å²) < 4.78 is 3.10. The molecule has 136 valence electrons. The van der Waals surface area contributed by atoms with E-state index in [-0.39, 0.29) is 5.56 Å².